The quantitative estimate of drug-likeness (QED) is 0.730. The van der Waals surface area contributed by atoms with Gasteiger partial charge in [0, 0.05) is 24.9 Å². The van der Waals surface area contributed by atoms with E-state index in [-0.39, 0.29) is 31.2 Å². The minimum Gasteiger partial charge on any atom is -0.497 e. The first-order valence-corrected chi connectivity index (χ1v) is 8.35. The number of nitrogens with zero attached hydrogens (tertiary/aromatic N) is 3. The molecular formula is C18H23N3O5. The minimum absolute atomic E-state index is 0.115. The number of aromatic nitrogens is 2. The monoisotopic (exact) mass is 361 g/mol. The van der Waals surface area contributed by atoms with E-state index in [9.17, 15) is 9.59 Å². The number of carbonyl (C=O) groups is 2. The molecule has 0 saturated carbocycles. The molecule has 0 fully saturated rings. The number of hydrogen-bond donors (Lipinski definition) is 1. The highest BCUT2D eigenvalue weighted by Gasteiger charge is 2.19. The Morgan fingerprint density at radius 3 is 2.54 bits per heavy atom. The zero-order valence-corrected chi connectivity index (χ0v) is 15.1. The van der Waals surface area contributed by atoms with Crippen LogP contribution in [0.2, 0.25) is 0 Å². The number of carboxylic acid groups (broad SMARTS) is 1. The average molecular weight is 361 g/mol. The molecule has 1 heterocycles. The van der Waals surface area contributed by atoms with Gasteiger partial charge in [-0.05, 0) is 30.2 Å². The Morgan fingerprint density at radius 2 is 1.96 bits per heavy atom. The van der Waals surface area contributed by atoms with E-state index in [1.807, 2.05) is 26.0 Å². The lowest BCUT2D eigenvalue weighted by Crippen LogP contribution is -2.38. The minimum atomic E-state index is -1.03. The summed E-state index contributed by atoms with van der Waals surface area (Å²) in [7, 11) is 1.59. The van der Waals surface area contributed by atoms with Gasteiger partial charge in [0.25, 0.3) is 0 Å². The Bertz CT molecular complexity index is 740. The van der Waals surface area contributed by atoms with Gasteiger partial charge in [0.2, 0.25) is 17.6 Å². The summed E-state index contributed by atoms with van der Waals surface area (Å²) in [6.45, 7) is 3.95. The summed E-state index contributed by atoms with van der Waals surface area (Å²) in [6.07, 6.45) is 0.375. The fraction of sp³-hybridized carbons (Fsp3) is 0.444. The summed E-state index contributed by atoms with van der Waals surface area (Å²) < 4.78 is 10.3. The molecule has 0 unspecified atom stereocenters. The Hall–Kier alpha value is -2.90. The topological polar surface area (TPSA) is 106 Å². The van der Waals surface area contributed by atoms with E-state index < -0.39 is 5.97 Å². The second kappa shape index (κ2) is 8.98. The average Bonchev–Trinajstić information content (AvgIpc) is 3.07. The fourth-order valence-electron chi connectivity index (χ4n) is 2.44. The van der Waals surface area contributed by atoms with Gasteiger partial charge in [0.05, 0.1) is 7.11 Å². The third-order valence-electron chi connectivity index (χ3n) is 3.63. The zero-order valence-electron chi connectivity index (χ0n) is 15.1. The molecule has 8 nitrogen and oxygen atoms in total. The van der Waals surface area contributed by atoms with E-state index in [2.05, 4.69) is 10.1 Å². The van der Waals surface area contributed by atoms with Crippen molar-refractivity contribution in [1.82, 2.24) is 15.0 Å². The number of benzene rings is 1. The molecule has 1 amide bonds. The highest BCUT2D eigenvalue weighted by Crippen LogP contribution is 2.20. The molecule has 140 valence electrons. The van der Waals surface area contributed by atoms with Gasteiger partial charge in [-0.3, -0.25) is 9.59 Å². The van der Waals surface area contributed by atoms with Crippen LogP contribution in [0.4, 0.5) is 0 Å². The molecule has 0 saturated heterocycles. The lowest BCUT2D eigenvalue weighted by Gasteiger charge is -2.22. The summed E-state index contributed by atoms with van der Waals surface area (Å²) in [5, 5.41) is 12.9. The van der Waals surface area contributed by atoms with E-state index in [1.165, 1.54) is 4.90 Å². The third kappa shape index (κ3) is 5.58. The van der Waals surface area contributed by atoms with Crippen molar-refractivity contribution in [2.75, 3.05) is 20.2 Å². The Kier molecular flexibility index (Phi) is 6.71. The lowest BCUT2D eigenvalue weighted by molar-refractivity contribution is -0.144. The Balaban J connectivity index is 1.97. The first kappa shape index (κ1) is 19.4. The van der Waals surface area contributed by atoms with Crippen LogP contribution in [-0.2, 0) is 16.0 Å². The zero-order chi connectivity index (χ0) is 19.1. The summed E-state index contributed by atoms with van der Waals surface area (Å²) in [4.78, 5) is 28.9. The molecule has 1 aromatic heterocycles. The Labute approximate surface area is 151 Å². The van der Waals surface area contributed by atoms with Gasteiger partial charge in [-0.2, -0.15) is 4.98 Å². The van der Waals surface area contributed by atoms with E-state index in [0.717, 1.165) is 11.3 Å². The second-order valence-corrected chi connectivity index (χ2v) is 6.30. The molecule has 0 radical (unpaired) electrons. The van der Waals surface area contributed by atoms with Gasteiger partial charge in [-0.1, -0.05) is 19.0 Å². The number of carboxylic acids is 1. The number of aliphatic carboxylic acids is 1. The highest BCUT2D eigenvalue weighted by molar-refractivity contribution is 5.81. The maximum atomic E-state index is 12.3. The van der Waals surface area contributed by atoms with Crippen LogP contribution in [-0.4, -0.2) is 52.2 Å². The number of hydrogen-bond acceptors (Lipinski definition) is 6. The smallest absolute Gasteiger partial charge is 0.323 e. The predicted octanol–water partition coefficient (Wildman–Crippen LogP) is 2.25. The van der Waals surface area contributed by atoms with Crippen LogP contribution in [0.1, 0.15) is 26.2 Å². The van der Waals surface area contributed by atoms with Crippen LogP contribution in [0.3, 0.4) is 0 Å². The van der Waals surface area contributed by atoms with Crippen LogP contribution in [0.15, 0.2) is 28.8 Å². The van der Waals surface area contributed by atoms with Crippen molar-refractivity contribution in [2.24, 2.45) is 5.92 Å². The molecule has 1 N–H and O–H groups in total. The highest BCUT2D eigenvalue weighted by atomic mass is 16.5. The second-order valence-electron chi connectivity index (χ2n) is 6.30. The van der Waals surface area contributed by atoms with Crippen LogP contribution in [0, 0.1) is 5.92 Å². The van der Waals surface area contributed by atoms with Crippen LogP contribution < -0.4 is 4.74 Å². The van der Waals surface area contributed by atoms with Gasteiger partial charge >= 0.3 is 5.97 Å². The van der Waals surface area contributed by atoms with Gasteiger partial charge in [0.1, 0.15) is 12.3 Å². The van der Waals surface area contributed by atoms with Crippen molar-refractivity contribution in [3.05, 3.63) is 30.2 Å². The molecule has 2 rings (SSSR count). The van der Waals surface area contributed by atoms with Crippen molar-refractivity contribution in [1.29, 1.82) is 0 Å². The maximum absolute atomic E-state index is 12.3. The van der Waals surface area contributed by atoms with Crippen LogP contribution in [0.5, 0.6) is 5.75 Å². The molecule has 1 aromatic carbocycles. The molecule has 8 heteroatoms. The van der Waals surface area contributed by atoms with E-state index in [1.54, 1.807) is 19.2 Å². The van der Waals surface area contributed by atoms with Crippen molar-refractivity contribution >= 4 is 11.9 Å². The van der Waals surface area contributed by atoms with Crippen molar-refractivity contribution < 1.29 is 24.0 Å². The molecule has 26 heavy (non-hydrogen) atoms. The first-order valence-electron chi connectivity index (χ1n) is 8.35. The molecule has 0 aliphatic heterocycles. The Morgan fingerprint density at radius 1 is 1.27 bits per heavy atom. The SMILES string of the molecule is COc1ccc(-c2noc(CCC(=O)N(CC(=O)O)CC(C)C)n2)cc1. The van der Waals surface area contributed by atoms with Gasteiger partial charge < -0.3 is 19.3 Å². The molecule has 0 aliphatic rings. The summed E-state index contributed by atoms with van der Waals surface area (Å²) in [5.41, 5.74) is 0.777. The fourth-order valence-corrected chi connectivity index (χ4v) is 2.44. The number of rotatable bonds is 9. The molecule has 0 atom stereocenters. The number of ether oxygens (including phenoxy) is 1. The molecule has 0 spiro atoms. The first-order chi connectivity index (χ1) is 12.4. The van der Waals surface area contributed by atoms with Crippen LogP contribution >= 0.6 is 0 Å². The van der Waals surface area contributed by atoms with Crippen molar-refractivity contribution in [3.63, 3.8) is 0 Å². The summed E-state index contributed by atoms with van der Waals surface area (Å²) in [5.74, 6) is 0.405. The number of methoxy groups -OCH3 is 1. The van der Waals surface area contributed by atoms with E-state index in [0.29, 0.717) is 18.3 Å². The number of aryl methyl sites for hydroxylation is 1. The molecule has 0 aliphatic carbocycles. The molecule has 2 aromatic rings. The summed E-state index contributed by atoms with van der Waals surface area (Å²) in [6, 6.07) is 7.22. The standard InChI is InChI=1S/C18H23N3O5/c1-12(2)10-21(11-17(23)24)16(22)9-8-15-19-18(20-26-15)13-4-6-14(25-3)7-5-13/h4-7,12H,8-11H2,1-3H3,(H,23,24). The van der Waals surface area contributed by atoms with Crippen molar-refractivity contribution in [2.45, 2.75) is 26.7 Å². The predicted molar refractivity (Wildman–Crippen MR) is 93.7 cm³/mol. The maximum Gasteiger partial charge on any atom is 0.323 e. The van der Waals surface area contributed by atoms with E-state index in [4.69, 9.17) is 14.4 Å². The lowest BCUT2D eigenvalue weighted by atomic mass is 10.2. The summed E-state index contributed by atoms with van der Waals surface area (Å²) >= 11 is 0. The van der Waals surface area contributed by atoms with Gasteiger partial charge in [-0.25, -0.2) is 0 Å². The van der Waals surface area contributed by atoms with Crippen molar-refractivity contribution in [3.8, 4) is 17.1 Å². The number of amides is 1. The van der Waals surface area contributed by atoms with Crippen LogP contribution in [0.25, 0.3) is 11.4 Å². The normalized spacial score (nSPS) is 10.8. The van der Waals surface area contributed by atoms with Gasteiger partial charge in [0.15, 0.2) is 0 Å². The third-order valence-corrected chi connectivity index (χ3v) is 3.63. The van der Waals surface area contributed by atoms with E-state index >= 15 is 0 Å². The largest absolute Gasteiger partial charge is 0.497 e. The number of carbonyl (C=O) groups excluding carboxylic acids is 1. The molecule has 0 bridgehead atoms. The molecular weight excluding hydrogens is 338 g/mol. The van der Waals surface area contributed by atoms with Gasteiger partial charge in [-0.15, -0.1) is 0 Å².